The third kappa shape index (κ3) is 0.835. The molecule has 3 heteroatoms. The Morgan fingerprint density at radius 1 is 1.60 bits per heavy atom. The quantitative estimate of drug-likeness (QED) is 0.483. The molecule has 0 aromatic carbocycles. The molecule has 1 radical (unpaired) electrons. The van der Waals surface area contributed by atoms with Crippen LogP contribution in [0, 0.1) is 6.92 Å². The van der Waals surface area contributed by atoms with Gasteiger partial charge in [-0.2, -0.15) is 0 Å². The van der Waals surface area contributed by atoms with Crippen molar-refractivity contribution in [2.45, 2.75) is 6.92 Å². The van der Waals surface area contributed by atoms with Crippen molar-refractivity contribution >= 4 is 11.8 Å². The van der Waals surface area contributed by atoms with Crippen molar-refractivity contribution in [1.29, 1.82) is 0 Å². The third-order valence-electron chi connectivity index (χ3n) is 1.41. The van der Waals surface area contributed by atoms with Gasteiger partial charge in [0, 0.05) is 18.2 Å². The van der Waals surface area contributed by atoms with Gasteiger partial charge >= 0.3 is 0 Å². The van der Waals surface area contributed by atoms with E-state index < -0.39 is 0 Å². The van der Waals surface area contributed by atoms with Crippen LogP contribution in [0.1, 0.15) is 6.92 Å². The van der Waals surface area contributed by atoms with E-state index in [1.807, 2.05) is 0 Å². The molecule has 1 rings (SSSR count). The van der Waals surface area contributed by atoms with E-state index in [0.717, 1.165) is 4.90 Å². The molecular weight excluding hydrogens is 130 g/mol. The summed E-state index contributed by atoms with van der Waals surface area (Å²) in [5.41, 5.74) is 0.494. The Labute approximate surface area is 59.3 Å². The molecule has 0 saturated heterocycles. The van der Waals surface area contributed by atoms with Gasteiger partial charge in [0.25, 0.3) is 11.8 Å². The maximum absolute atomic E-state index is 10.9. The molecule has 2 amide bonds. The third-order valence-corrected chi connectivity index (χ3v) is 1.41. The Morgan fingerprint density at radius 2 is 2.20 bits per heavy atom. The number of carbonyl (C=O) groups excluding carboxylic acids is 2. The van der Waals surface area contributed by atoms with Crippen LogP contribution in [-0.4, -0.2) is 23.3 Å². The lowest BCUT2D eigenvalue weighted by Crippen LogP contribution is -2.30. The molecule has 0 aliphatic carbocycles. The summed E-state index contributed by atoms with van der Waals surface area (Å²) in [5.74, 6) is -0.475. The first-order chi connectivity index (χ1) is 4.66. The SMILES string of the molecule is [CH2]CN1C(=O)C=C(C)C1=O. The molecule has 0 fully saturated rings. The second kappa shape index (κ2) is 2.25. The average molecular weight is 138 g/mol. The van der Waals surface area contributed by atoms with E-state index in [1.165, 1.54) is 6.08 Å². The fourth-order valence-corrected chi connectivity index (χ4v) is 0.850. The Kier molecular flexibility index (Phi) is 1.57. The van der Waals surface area contributed by atoms with E-state index in [1.54, 1.807) is 6.92 Å². The Morgan fingerprint density at radius 3 is 2.40 bits per heavy atom. The molecule has 0 saturated carbocycles. The zero-order valence-corrected chi connectivity index (χ0v) is 5.76. The Hall–Kier alpha value is -1.12. The normalized spacial score (nSPS) is 18.2. The van der Waals surface area contributed by atoms with Crippen LogP contribution < -0.4 is 0 Å². The zero-order chi connectivity index (χ0) is 7.72. The van der Waals surface area contributed by atoms with Crippen molar-refractivity contribution in [1.82, 2.24) is 4.90 Å². The molecule has 3 nitrogen and oxygen atoms in total. The topological polar surface area (TPSA) is 37.4 Å². The van der Waals surface area contributed by atoms with Gasteiger partial charge in [-0.3, -0.25) is 14.5 Å². The first-order valence-electron chi connectivity index (χ1n) is 3.00. The second-order valence-electron chi connectivity index (χ2n) is 2.12. The van der Waals surface area contributed by atoms with Gasteiger partial charge in [0.05, 0.1) is 0 Å². The highest BCUT2D eigenvalue weighted by molar-refractivity contribution is 6.15. The standard InChI is InChI=1S/C7H8NO2/c1-3-8-6(9)4-5(2)7(8)10/h4H,1,3H2,2H3. The average Bonchev–Trinajstić information content (AvgIpc) is 2.09. The highest BCUT2D eigenvalue weighted by Crippen LogP contribution is 2.10. The molecule has 0 bridgehead atoms. The first kappa shape index (κ1) is 6.99. The van der Waals surface area contributed by atoms with Crippen LogP contribution in [0.5, 0.6) is 0 Å². The summed E-state index contributed by atoms with van der Waals surface area (Å²) in [4.78, 5) is 22.9. The summed E-state index contributed by atoms with van der Waals surface area (Å²) in [6.45, 7) is 5.29. The van der Waals surface area contributed by atoms with Crippen LogP contribution in [0.2, 0.25) is 0 Å². The summed E-state index contributed by atoms with van der Waals surface area (Å²) in [6.07, 6.45) is 1.33. The molecule has 0 spiro atoms. The van der Waals surface area contributed by atoms with Crippen molar-refractivity contribution in [2.75, 3.05) is 6.54 Å². The molecule has 0 N–H and O–H groups in total. The lowest BCUT2D eigenvalue weighted by atomic mass is 10.3. The van der Waals surface area contributed by atoms with Gasteiger partial charge in [-0.25, -0.2) is 0 Å². The van der Waals surface area contributed by atoms with E-state index in [4.69, 9.17) is 0 Å². The molecule has 0 aromatic rings. The van der Waals surface area contributed by atoms with E-state index in [0.29, 0.717) is 5.57 Å². The monoisotopic (exact) mass is 138 g/mol. The number of rotatable bonds is 1. The van der Waals surface area contributed by atoms with Crippen LogP contribution in [0.15, 0.2) is 11.6 Å². The molecule has 53 valence electrons. The van der Waals surface area contributed by atoms with Crippen molar-refractivity contribution in [2.24, 2.45) is 0 Å². The van der Waals surface area contributed by atoms with Crippen molar-refractivity contribution < 1.29 is 9.59 Å². The number of imide groups is 1. The van der Waals surface area contributed by atoms with Gasteiger partial charge < -0.3 is 0 Å². The second-order valence-corrected chi connectivity index (χ2v) is 2.12. The summed E-state index contributed by atoms with van der Waals surface area (Å²) >= 11 is 0. The first-order valence-corrected chi connectivity index (χ1v) is 3.00. The Bertz CT molecular complexity index is 218. The predicted molar refractivity (Wildman–Crippen MR) is 35.8 cm³/mol. The molecular formula is C7H8NO2. The molecule has 1 aliphatic rings. The number of hydrogen-bond donors (Lipinski definition) is 0. The van der Waals surface area contributed by atoms with Crippen molar-refractivity contribution in [3.63, 3.8) is 0 Å². The maximum atomic E-state index is 10.9. The molecule has 0 aromatic heterocycles. The van der Waals surface area contributed by atoms with Gasteiger partial charge in [0.1, 0.15) is 0 Å². The van der Waals surface area contributed by atoms with Crippen LogP contribution in [0.4, 0.5) is 0 Å². The molecule has 10 heavy (non-hydrogen) atoms. The molecule has 0 atom stereocenters. The van der Waals surface area contributed by atoms with Gasteiger partial charge in [-0.1, -0.05) is 0 Å². The smallest absolute Gasteiger partial charge is 0.256 e. The fourth-order valence-electron chi connectivity index (χ4n) is 0.850. The van der Waals surface area contributed by atoms with Crippen LogP contribution >= 0.6 is 0 Å². The number of hydrogen-bond acceptors (Lipinski definition) is 2. The minimum Gasteiger partial charge on any atom is -0.275 e. The van der Waals surface area contributed by atoms with Gasteiger partial charge in [0.2, 0.25) is 0 Å². The van der Waals surface area contributed by atoms with Crippen molar-refractivity contribution in [3.05, 3.63) is 18.6 Å². The molecule has 0 unspecified atom stereocenters. The summed E-state index contributed by atoms with van der Waals surface area (Å²) in [6, 6.07) is 0. The van der Waals surface area contributed by atoms with Gasteiger partial charge in [-0.05, 0) is 13.8 Å². The number of amides is 2. The largest absolute Gasteiger partial charge is 0.275 e. The number of carbonyl (C=O) groups is 2. The van der Waals surface area contributed by atoms with Crippen LogP contribution in [0.25, 0.3) is 0 Å². The fraction of sp³-hybridized carbons (Fsp3) is 0.286. The van der Waals surface area contributed by atoms with E-state index in [9.17, 15) is 9.59 Å². The van der Waals surface area contributed by atoms with Gasteiger partial charge in [-0.15, -0.1) is 0 Å². The van der Waals surface area contributed by atoms with E-state index >= 15 is 0 Å². The molecule has 1 heterocycles. The minimum atomic E-state index is -0.252. The van der Waals surface area contributed by atoms with Crippen LogP contribution in [-0.2, 0) is 9.59 Å². The molecule has 1 aliphatic heterocycles. The predicted octanol–water partition coefficient (Wildman–Crippen LogP) is 0.136. The van der Waals surface area contributed by atoms with E-state index in [-0.39, 0.29) is 18.4 Å². The summed E-state index contributed by atoms with van der Waals surface area (Å²) < 4.78 is 0. The lowest BCUT2D eigenvalue weighted by Gasteiger charge is -2.09. The highest BCUT2D eigenvalue weighted by Gasteiger charge is 2.25. The maximum Gasteiger partial charge on any atom is 0.256 e. The van der Waals surface area contributed by atoms with E-state index in [2.05, 4.69) is 6.92 Å². The van der Waals surface area contributed by atoms with Crippen LogP contribution in [0.3, 0.4) is 0 Å². The summed E-state index contributed by atoms with van der Waals surface area (Å²) in [5, 5.41) is 0. The Balaban J connectivity index is 2.87. The summed E-state index contributed by atoms with van der Waals surface area (Å²) in [7, 11) is 0. The lowest BCUT2D eigenvalue weighted by molar-refractivity contribution is -0.136. The van der Waals surface area contributed by atoms with Crippen molar-refractivity contribution in [3.8, 4) is 0 Å². The number of nitrogens with zero attached hydrogens (tertiary/aromatic N) is 1. The van der Waals surface area contributed by atoms with Gasteiger partial charge in [0.15, 0.2) is 0 Å². The minimum absolute atomic E-state index is 0.214. The highest BCUT2D eigenvalue weighted by atomic mass is 16.2. The zero-order valence-electron chi connectivity index (χ0n) is 5.76.